The molecule has 0 amide bonds. The van der Waals surface area contributed by atoms with Crippen LogP contribution in [0.25, 0.3) is 45.0 Å². The zero-order valence-corrected chi connectivity index (χ0v) is 39.3. The summed E-state index contributed by atoms with van der Waals surface area (Å²) in [5, 5.41) is 0. The van der Waals surface area contributed by atoms with E-state index in [4.69, 9.17) is 14.2 Å². The van der Waals surface area contributed by atoms with Crippen LogP contribution in [-0.4, -0.2) is 45.1 Å². The predicted molar refractivity (Wildman–Crippen MR) is 260 cm³/mol. The van der Waals surface area contributed by atoms with Crippen LogP contribution in [0.15, 0.2) is 110 Å². The lowest BCUT2D eigenvalue weighted by Crippen LogP contribution is -2.12. The Morgan fingerprint density at radius 3 is 1.22 bits per heavy atom. The van der Waals surface area contributed by atoms with Crippen LogP contribution in [0.5, 0.6) is 0 Å². The Kier molecular flexibility index (Phi) is 18.5. The molecule has 9 heteroatoms. The van der Waals surface area contributed by atoms with Gasteiger partial charge >= 0.3 is 11.9 Å². The van der Waals surface area contributed by atoms with Crippen LogP contribution in [0.4, 0.5) is 0 Å². The second-order valence-electron chi connectivity index (χ2n) is 17.4. The highest BCUT2D eigenvalue weighted by Crippen LogP contribution is 2.32. The Labute approximate surface area is 386 Å². The van der Waals surface area contributed by atoms with Gasteiger partial charge in [-0.15, -0.1) is 0 Å². The van der Waals surface area contributed by atoms with Crippen molar-refractivity contribution in [1.29, 1.82) is 0 Å². The first-order valence-corrected chi connectivity index (χ1v) is 23.7. The van der Waals surface area contributed by atoms with Crippen LogP contribution in [-0.2, 0) is 40.3 Å². The van der Waals surface area contributed by atoms with Crippen LogP contribution < -0.4 is 0 Å². The number of aryl methyl sites for hydroxylation is 2. The summed E-state index contributed by atoms with van der Waals surface area (Å²) in [6.45, 7) is 14.0. The average Bonchev–Trinajstić information content (AvgIpc) is 3.35. The summed E-state index contributed by atoms with van der Waals surface area (Å²) in [7, 11) is 0. The Hall–Kier alpha value is -6.06. The summed E-state index contributed by atoms with van der Waals surface area (Å²) < 4.78 is 17.9. The Bertz CT molecular complexity index is 2240. The minimum atomic E-state index is -0.354. The largest absolute Gasteiger partial charge is 0.462 e. The molecule has 0 fully saturated rings. The first kappa shape index (κ1) is 48.4. The fourth-order valence-corrected chi connectivity index (χ4v) is 7.33. The second kappa shape index (κ2) is 24.9. The van der Waals surface area contributed by atoms with Crippen molar-refractivity contribution in [3.63, 3.8) is 0 Å². The molecule has 9 nitrogen and oxygen atoms in total. The van der Waals surface area contributed by atoms with Gasteiger partial charge in [0.05, 0.1) is 37.6 Å². The van der Waals surface area contributed by atoms with E-state index in [2.05, 4.69) is 61.5 Å². The van der Waals surface area contributed by atoms with Crippen molar-refractivity contribution in [2.45, 2.75) is 119 Å². The van der Waals surface area contributed by atoms with Gasteiger partial charge in [-0.3, -0.25) is 0 Å². The predicted octanol–water partition coefficient (Wildman–Crippen LogP) is 13.5. The van der Waals surface area contributed by atoms with Crippen LogP contribution in [0.1, 0.15) is 136 Å². The minimum absolute atomic E-state index is 0.268. The Balaban J connectivity index is 1.25. The molecule has 0 aliphatic carbocycles. The zero-order valence-electron chi connectivity index (χ0n) is 39.3. The Morgan fingerprint density at radius 2 is 0.862 bits per heavy atom. The van der Waals surface area contributed by atoms with E-state index in [9.17, 15) is 9.59 Å². The molecule has 0 saturated heterocycles. The number of aromatic nitrogens is 4. The Morgan fingerprint density at radius 1 is 0.492 bits per heavy atom. The molecule has 6 rings (SSSR count). The maximum atomic E-state index is 13.3. The number of benzene rings is 4. The quantitative estimate of drug-likeness (QED) is 0.0433. The maximum absolute atomic E-state index is 13.3. The van der Waals surface area contributed by atoms with Gasteiger partial charge in [-0.25, -0.2) is 29.5 Å². The maximum Gasteiger partial charge on any atom is 0.338 e. The molecule has 2 aromatic heterocycles. The summed E-state index contributed by atoms with van der Waals surface area (Å²) in [6, 6.07) is 27.5. The molecule has 0 N–H and O–H groups in total. The molecule has 0 radical (unpaired) electrons. The molecule has 0 spiro atoms. The van der Waals surface area contributed by atoms with E-state index in [1.165, 1.54) is 25.7 Å². The summed E-state index contributed by atoms with van der Waals surface area (Å²) in [4.78, 5) is 45.3. The van der Waals surface area contributed by atoms with E-state index in [-0.39, 0.29) is 37.0 Å². The third-order valence-electron chi connectivity index (χ3n) is 12.1. The smallest absolute Gasteiger partial charge is 0.338 e. The molecule has 0 saturated carbocycles. The molecule has 2 heterocycles. The molecular weight excluding hydrogens is 809 g/mol. The standard InChI is InChI=1S/C56H66N4O5/c1-7-11-13-15-41-31-57-53(58-32-41)45-21-17-43(18-22-45)51-29-47(55(61)64-35-39(5)9-3)25-27-49(51)37-63-38-50-28-26-48(56(62)65-36-40(6)10-4)30-52(50)44-19-23-46(24-20-44)54-59-33-42(34-60-54)16-14-12-8-2/h17-34,39-40H,7-16,35-38H2,1-6H3. The number of carbonyl (C=O) groups is 2. The summed E-state index contributed by atoms with van der Waals surface area (Å²) >= 11 is 0. The van der Waals surface area contributed by atoms with E-state index in [1.807, 2.05) is 110 Å². The lowest BCUT2D eigenvalue weighted by atomic mass is 9.96. The lowest BCUT2D eigenvalue weighted by molar-refractivity contribution is 0.0438. The highest BCUT2D eigenvalue weighted by molar-refractivity contribution is 5.92. The fourth-order valence-electron chi connectivity index (χ4n) is 7.33. The number of esters is 2. The van der Waals surface area contributed by atoms with Crippen molar-refractivity contribution in [1.82, 2.24) is 19.9 Å². The third-order valence-corrected chi connectivity index (χ3v) is 12.1. The van der Waals surface area contributed by atoms with Gasteiger partial charge < -0.3 is 14.2 Å². The number of hydrogen-bond acceptors (Lipinski definition) is 9. The number of hydrogen-bond donors (Lipinski definition) is 0. The van der Waals surface area contributed by atoms with Gasteiger partial charge in [-0.1, -0.05) is 141 Å². The van der Waals surface area contributed by atoms with Gasteiger partial charge in [0.2, 0.25) is 0 Å². The topological polar surface area (TPSA) is 113 Å². The van der Waals surface area contributed by atoms with Crippen molar-refractivity contribution in [3.05, 3.63) is 143 Å². The summed E-state index contributed by atoms with van der Waals surface area (Å²) in [6.07, 6.45) is 18.5. The normalized spacial score (nSPS) is 12.2. The SMILES string of the molecule is CCCCCc1cnc(-c2ccc(-c3cc(C(=O)OCC(C)CC)ccc3COCc3ccc(C(=O)OCC(C)CC)cc3-c3ccc(-c4ncc(CCCCC)cn4)cc3)cc2)nc1. The lowest BCUT2D eigenvalue weighted by Gasteiger charge is -2.16. The molecule has 2 atom stereocenters. The van der Waals surface area contributed by atoms with Crippen molar-refractivity contribution in [2.75, 3.05) is 13.2 Å². The molecule has 6 aromatic rings. The van der Waals surface area contributed by atoms with Crippen molar-refractivity contribution in [3.8, 4) is 45.0 Å². The van der Waals surface area contributed by atoms with Gasteiger partial charge in [0.25, 0.3) is 0 Å². The van der Waals surface area contributed by atoms with E-state index in [0.717, 1.165) is 94.2 Å². The van der Waals surface area contributed by atoms with E-state index >= 15 is 0 Å². The number of unbranched alkanes of at least 4 members (excludes halogenated alkanes) is 4. The van der Waals surface area contributed by atoms with Gasteiger partial charge in [-0.05, 0) is 106 Å². The van der Waals surface area contributed by atoms with Crippen LogP contribution >= 0.6 is 0 Å². The third kappa shape index (κ3) is 14.0. The van der Waals surface area contributed by atoms with Crippen molar-refractivity contribution in [2.24, 2.45) is 11.8 Å². The molecular formula is C56H66N4O5. The van der Waals surface area contributed by atoms with Crippen LogP contribution in [0.2, 0.25) is 0 Å². The van der Waals surface area contributed by atoms with Crippen LogP contribution in [0, 0.1) is 11.8 Å². The van der Waals surface area contributed by atoms with Crippen molar-refractivity contribution < 1.29 is 23.8 Å². The van der Waals surface area contributed by atoms with Gasteiger partial charge in [0, 0.05) is 35.9 Å². The summed E-state index contributed by atoms with van der Waals surface area (Å²) in [5.41, 5.74) is 10.5. The molecule has 0 aliphatic heterocycles. The number of carbonyl (C=O) groups excluding carboxylic acids is 2. The number of nitrogens with zero attached hydrogens (tertiary/aromatic N) is 4. The van der Waals surface area contributed by atoms with Gasteiger partial charge in [0.15, 0.2) is 11.6 Å². The highest BCUT2D eigenvalue weighted by Gasteiger charge is 2.17. The summed E-state index contributed by atoms with van der Waals surface area (Å²) in [5.74, 6) is 1.17. The van der Waals surface area contributed by atoms with E-state index in [0.29, 0.717) is 36.0 Å². The van der Waals surface area contributed by atoms with E-state index < -0.39 is 0 Å². The molecule has 340 valence electrons. The fraction of sp³-hybridized carbons (Fsp3) is 0.393. The minimum Gasteiger partial charge on any atom is -0.462 e. The molecule has 2 unspecified atom stereocenters. The molecule has 65 heavy (non-hydrogen) atoms. The molecule has 0 aliphatic rings. The highest BCUT2D eigenvalue weighted by atomic mass is 16.5. The van der Waals surface area contributed by atoms with E-state index in [1.54, 1.807) is 0 Å². The monoisotopic (exact) mass is 875 g/mol. The average molecular weight is 875 g/mol. The van der Waals surface area contributed by atoms with Crippen molar-refractivity contribution >= 4 is 11.9 Å². The van der Waals surface area contributed by atoms with Gasteiger partial charge in [0.1, 0.15) is 0 Å². The first-order valence-electron chi connectivity index (χ1n) is 23.7. The zero-order chi connectivity index (χ0) is 46.0. The second-order valence-corrected chi connectivity index (χ2v) is 17.4. The molecule has 0 bridgehead atoms. The molecule has 4 aromatic carbocycles. The number of rotatable bonds is 24. The van der Waals surface area contributed by atoms with Crippen LogP contribution in [0.3, 0.4) is 0 Å². The van der Waals surface area contributed by atoms with Gasteiger partial charge in [-0.2, -0.15) is 0 Å². The first-order chi connectivity index (χ1) is 31.7. The number of ether oxygens (including phenoxy) is 3.